The molecule has 1 aromatic carbocycles. The number of guanidine groups is 1. The zero-order valence-electron chi connectivity index (χ0n) is 17.4. The summed E-state index contributed by atoms with van der Waals surface area (Å²) >= 11 is 0. The van der Waals surface area contributed by atoms with E-state index in [1.807, 2.05) is 31.6 Å². The summed E-state index contributed by atoms with van der Waals surface area (Å²) in [7, 11) is 3.53. The van der Waals surface area contributed by atoms with Gasteiger partial charge in [-0.3, -0.25) is 4.99 Å². The van der Waals surface area contributed by atoms with Gasteiger partial charge in [0.05, 0.1) is 19.3 Å². The Balaban J connectivity index is 1.54. The van der Waals surface area contributed by atoms with Crippen molar-refractivity contribution in [2.45, 2.75) is 39.4 Å². The molecule has 1 fully saturated rings. The first kappa shape index (κ1) is 20.0. The number of imidazole rings is 1. The highest BCUT2D eigenvalue weighted by atomic mass is 16.5. The van der Waals surface area contributed by atoms with Gasteiger partial charge in [0.15, 0.2) is 5.96 Å². The summed E-state index contributed by atoms with van der Waals surface area (Å²) in [6, 6.07) is 8.52. The van der Waals surface area contributed by atoms with Gasteiger partial charge in [0.25, 0.3) is 0 Å². The summed E-state index contributed by atoms with van der Waals surface area (Å²) in [4.78, 5) is 11.2. The van der Waals surface area contributed by atoms with Crippen molar-refractivity contribution in [3.63, 3.8) is 0 Å². The average molecular weight is 385 g/mol. The normalized spacial score (nSPS) is 17.2. The van der Waals surface area contributed by atoms with Crippen molar-refractivity contribution in [3.8, 4) is 5.75 Å². The molecule has 1 aromatic heterocycles. The number of nitrogens with one attached hydrogen (secondary N) is 2. The van der Waals surface area contributed by atoms with E-state index >= 15 is 0 Å². The van der Waals surface area contributed by atoms with Gasteiger partial charge in [-0.15, -0.1) is 0 Å². The van der Waals surface area contributed by atoms with Crippen molar-refractivity contribution in [1.82, 2.24) is 20.2 Å². The van der Waals surface area contributed by atoms with Crippen LogP contribution in [-0.4, -0.2) is 48.8 Å². The maximum atomic E-state index is 5.51. The van der Waals surface area contributed by atoms with E-state index in [4.69, 9.17) is 4.74 Å². The van der Waals surface area contributed by atoms with Crippen molar-refractivity contribution >= 4 is 11.6 Å². The number of aliphatic imine (C=N–C) groups is 1. The highest BCUT2D eigenvalue weighted by Gasteiger charge is 2.25. The quantitative estimate of drug-likeness (QED) is 0.567. The average Bonchev–Trinajstić information content (AvgIpc) is 3.34. The third-order valence-electron chi connectivity index (χ3n) is 4.96. The largest absolute Gasteiger partial charge is 0.495 e. The highest BCUT2D eigenvalue weighted by molar-refractivity contribution is 5.80. The molecule has 0 radical (unpaired) electrons. The summed E-state index contributed by atoms with van der Waals surface area (Å²) in [6.07, 6.45) is 4.95. The van der Waals surface area contributed by atoms with Gasteiger partial charge in [-0.05, 0) is 24.5 Å². The van der Waals surface area contributed by atoms with Crippen LogP contribution >= 0.6 is 0 Å². The van der Waals surface area contributed by atoms with Crippen molar-refractivity contribution in [3.05, 3.63) is 42.5 Å². The van der Waals surface area contributed by atoms with Gasteiger partial charge in [-0.25, -0.2) is 4.98 Å². The number of benzene rings is 1. The van der Waals surface area contributed by atoms with Gasteiger partial charge in [-0.1, -0.05) is 26.0 Å². The molecule has 3 rings (SSSR count). The Morgan fingerprint density at radius 1 is 1.36 bits per heavy atom. The summed E-state index contributed by atoms with van der Waals surface area (Å²) in [6.45, 7) is 7.97. The molecule has 0 spiro atoms. The first-order valence-corrected chi connectivity index (χ1v) is 9.96. The Hall–Kier alpha value is -2.70. The molecule has 2 N–H and O–H groups in total. The number of ether oxygens (including phenoxy) is 1. The van der Waals surface area contributed by atoms with Crippen LogP contribution in [0, 0.1) is 5.92 Å². The van der Waals surface area contributed by atoms with Crippen LogP contribution in [0.15, 0.2) is 41.7 Å². The van der Waals surface area contributed by atoms with Crippen LogP contribution in [-0.2, 0) is 13.1 Å². The Morgan fingerprint density at radius 2 is 2.18 bits per heavy atom. The summed E-state index contributed by atoms with van der Waals surface area (Å²) < 4.78 is 7.70. The van der Waals surface area contributed by atoms with E-state index in [0.29, 0.717) is 18.5 Å². The standard InChI is InChI=1S/C21H32N6O/c1-16(2)14-27-12-10-23-20(27)13-24-21(22-3)25-17-9-11-26(15-17)18-7-5-6-8-19(18)28-4/h5-8,10,12,16-17H,9,11,13-15H2,1-4H3,(H2,22,24,25). The fourth-order valence-corrected chi connectivity index (χ4v) is 3.61. The van der Waals surface area contributed by atoms with Gasteiger partial charge in [-0.2, -0.15) is 0 Å². The van der Waals surface area contributed by atoms with Crippen molar-refractivity contribution < 1.29 is 4.74 Å². The number of hydrogen-bond acceptors (Lipinski definition) is 4. The Labute approximate surface area is 167 Å². The van der Waals surface area contributed by atoms with E-state index in [0.717, 1.165) is 49.3 Å². The predicted molar refractivity (Wildman–Crippen MR) is 114 cm³/mol. The fraction of sp³-hybridized carbons (Fsp3) is 0.524. The second kappa shape index (κ2) is 9.48. The second-order valence-electron chi connectivity index (χ2n) is 7.56. The lowest BCUT2D eigenvalue weighted by molar-refractivity contribution is 0.415. The van der Waals surface area contributed by atoms with Crippen LogP contribution in [0.3, 0.4) is 0 Å². The number of rotatable bonds is 7. The first-order chi connectivity index (χ1) is 13.6. The number of hydrogen-bond donors (Lipinski definition) is 2. The van der Waals surface area contributed by atoms with Crippen LogP contribution in [0.1, 0.15) is 26.1 Å². The highest BCUT2D eigenvalue weighted by Crippen LogP contribution is 2.30. The molecule has 1 saturated heterocycles. The van der Waals surface area contributed by atoms with Gasteiger partial charge < -0.3 is 24.8 Å². The molecule has 28 heavy (non-hydrogen) atoms. The first-order valence-electron chi connectivity index (χ1n) is 9.96. The zero-order valence-corrected chi connectivity index (χ0v) is 17.4. The van der Waals surface area contributed by atoms with E-state index < -0.39 is 0 Å². The topological polar surface area (TPSA) is 66.7 Å². The number of methoxy groups -OCH3 is 1. The number of aromatic nitrogens is 2. The second-order valence-corrected chi connectivity index (χ2v) is 7.56. The molecule has 1 aliphatic heterocycles. The lowest BCUT2D eigenvalue weighted by Crippen LogP contribution is -2.44. The van der Waals surface area contributed by atoms with Gasteiger partial charge in [0.2, 0.25) is 0 Å². The molecule has 2 heterocycles. The molecule has 1 unspecified atom stereocenters. The SMILES string of the molecule is CN=C(NCc1nccn1CC(C)C)NC1CCN(c2ccccc2OC)C1. The molecule has 2 aromatic rings. The molecule has 1 atom stereocenters. The molecular weight excluding hydrogens is 352 g/mol. The van der Waals surface area contributed by atoms with Gasteiger partial charge >= 0.3 is 0 Å². The minimum absolute atomic E-state index is 0.339. The number of nitrogens with zero attached hydrogens (tertiary/aromatic N) is 4. The molecule has 7 heteroatoms. The van der Waals surface area contributed by atoms with Crippen molar-refractivity contribution in [2.75, 3.05) is 32.1 Å². The molecule has 7 nitrogen and oxygen atoms in total. The van der Waals surface area contributed by atoms with Crippen molar-refractivity contribution in [1.29, 1.82) is 0 Å². The van der Waals surface area contributed by atoms with E-state index in [2.05, 4.69) is 56.1 Å². The third kappa shape index (κ3) is 4.97. The maximum absolute atomic E-state index is 5.51. The van der Waals surface area contributed by atoms with Crippen LogP contribution in [0.25, 0.3) is 0 Å². The summed E-state index contributed by atoms with van der Waals surface area (Å²) in [5, 5.41) is 6.95. The lowest BCUT2D eigenvalue weighted by Gasteiger charge is -2.22. The Bertz CT molecular complexity index is 785. The smallest absolute Gasteiger partial charge is 0.191 e. The Morgan fingerprint density at radius 3 is 2.93 bits per heavy atom. The van der Waals surface area contributed by atoms with E-state index in [1.54, 1.807) is 7.11 Å². The minimum atomic E-state index is 0.339. The molecule has 0 bridgehead atoms. The number of anilines is 1. The van der Waals surface area contributed by atoms with Crippen molar-refractivity contribution in [2.24, 2.45) is 10.9 Å². The van der Waals surface area contributed by atoms with E-state index in [-0.39, 0.29) is 0 Å². The Kier molecular flexibility index (Phi) is 6.79. The van der Waals surface area contributed by atoms with E-state index in [1.165, 1.54) is 0 Å². The zero-order chi connectivity index (χ0) is 19.9. The molecular formula is C21H32N6O. The van der Waals surface area contributed by atoms with Crippen LogP contribution in [0.5, 0.6) is 5.75 Å². The van der Waals surface area contributed by atoms with E-state index in [9.17, 15) is 0 Å². The van der Waals surface area contributed by atoms with Gasteiger partial charge in [0.1, 0.15) is 11.6 Å². The maximum Gasteiger partial charge on any atom is 0.191 e. The van der Waals surface area contributed by atoms with Crippen LogP contribution in [0.2, 0.25) is 0 Å². The van der Waals surface area contributed by atoms with Gasteiger partial charge in [0, 0.05) is 45.1 Å². The fourth-order valence-electron chi connectivity index (χ4n) is 3.61. The lowest BCUT2D eigenvalue weighted by atomic mass is 10.2. The molecule has 1 aliphatic rings. The molecule has 152 valence electrons. The number of para-hydroxylation sites is 2. The molecule has 0 amide bonds. The monoisotopic (exact) mass is 384 g/mol. The summed E-state index contributed by atoms with van der Waals surface area (Å²) in [5.41, 5.74) is 1.15. The summed E-state index contributed by atoms with van der Waals surface area (Å²) in [5.74, 6) is 3.34. The third-order valence-corrected chi connectivity index (χ3v) is 4.96. The van der Waals surface area contributed by atoms with Crippen LogP contribution in [0.4, 0.5) is 5.69 Å². The molecule has 0 saturated carbocycles. The minimum Gasteiger partial charge on any atom is -0.495 e. The predicted octanol–water partition coefficient (Wildman–Crippen LogP) is 2.49. The van der Waals surface area contributed by atoms with Crippen LogP contribution < -0.4 is 20.3 Å². The molecule has 0 aliphatic carbocycles.